The molecule has 0 unspecified atom stereocenters. The minimum Gasteiger partial charge on any atom is -0.353 e. The molecule has 2 aromatic rings. The highest BCUT2D eigenvalue weighted by atomic mass is 79.9. The number of amides is 2. The molecule has 1 aliphatic rings. The number of nitrogens with zero attached hydrogens (tertiary/aromatic N) is 3. The van der Waals surface area contributed by atoms with Gasteiger partial charge in [-0.3, -0.25) is 9.59 Å². The molecule has 1 saturated heterocycles. The lowest BCUT2D eigenvalue weighted by atomic mass is 10.2. The van der Waals surface area contributed by atoms with Crippen LogP contribution in [0.5, 0.6) is 0 Å². The van der Waals surface area contributed by atoms with Crippen molar-refractivity contribution < 1.29 is 9.59 Å². The standard InChI is InChI=1S/C21H25BrN4O2S/c1-2-29-14-9-23-20(27)16-7-8-19(24-15-16)25-10-12-26(13-11-25)21(28)17-5-3-4-6-18(17)22/h3-8,15H,2,9-14H2,1H3,(H,23,27). The minimum absolute atomic E-state index is 0.0401. The molecule has 6 nitrogen and oxygen atoms in total. The highest BCUT2D eigenvalue weighted by Gasteiger charge is 2.24. The van der Waals surface area contributed by atoms with Crippen molar-refractivity contribution in [2.24, 2.45) is 0 Å². The number of piperazine rings is 1. The summed E-state index contributed by atoms with van der Waals surface area (Å²) in [5.41, 5.74) is 1.25. The van der Waals surface area contributed by atoms with E-state index in [4.69, 9.17) is 0 Å². The van der Waals surface area contributed by atoms with Gasteiger partial charge in [-0.05, 0) is 45.9 Å². The van der Waals surface area contributed by atoms with Crippen LogP contribution in [0.25, 0.3) is 0 Å². The third-order valence-electron chi connectivity index (χ3n) is 4.74. The molecule has 0 bridgehead atoms. The van der Waals surface area contributed by atoms with Gasteiger partial charge in [0.1, 0.15) is 5.82 Å². The number of benzene rings is 1. The lowest BCUT2D eigenvalue weighted by Gasteiger charge is -2.35. The fraction of sp³-hybridized carbons (Fsp3) is 0.381. The van der Waals surface area contributed by atoms with E-state index in [2.05, 4.69) is 38.1 Å². The van der Waals surface area contributed by atoms with Crippen molar-refractivity contribution in [1.82, 2.24) is 15.2 Å². The van der Waals surface area contributed by atoms with Gasteiger partial charge in [-0.25, -0.2) is 4.98 Å². The highest BCUT2D eigenvalue weighted by Crippen LogP contribution is 2.20. The molecule has 29 heavy (non-hydrogen) atoms. The van der Waals surface area contributed by atoms with Crippen LogP contribution in [0.4, 0.5) is 5.82 Å². The lowest BCUT2D eigenvalue weighted by molar-refractivity contribution is 0.0745. The molecule has 1 fully saturated rings. The first kappa shape index (κ1) is 21.6. The first-order valence-corrected chi connectivity index (χ1v) is 11.7. The third kappa shape index (κ3) is 5.73. The molecular weight excluding hydrogens is 452 g/mol. The van der Waals surface area contributed by atoms with Gasteiger partial charge in [0.2, 0.25) is 0 Å². The fourth-order valence-electron chi connectivity index (χ4n) is 3.13. The van der Waals surface area contributed by atoms with Crippen molar-refractivity contribution in [2.75, 3.05) is 49.1 Å². The Kier molecular flexibility index (Phi) is 7.94. The number of rotatable bonds is 7. The number of nitrogens with one attached hydrogen (secondary N) is 1. The summed E-state index contributed by atoms with van der Waals surface area (Å²) >= 11 is 5.25. The topological polar surface area (TPSA) is 65.5 Å². The summed E-state index contributed by atoms with van der Waals surface area (Å²) in [6.07, 6.45) is 1.62. The third-order valence-corrected chi connectivity index (χ3v) is 6.33. The maximum Gasteiger partial charge on any atom is 0.255 e. The molecule has 8 heteroatoms. The number of pyridine rings is 1. The summed E-state index contributed by atoms with van der Waals surface area (Å²) in [5, 5.41) is 2.91. The van der Waals surface area contributed by atoms with Crippen LogP contribution in [-0.4, -0.2) is 65.9 Å². The molecule has 3 rings (SSSR count). The molecule has 0 atom stereocenters. The molecule has 0 radical (unpaired) electrons. The van der Waals surface area contributed by atoms with Crippen LogP contribution in [0.1, 0.15) is 27.6 Å². The van der Waals surface area contributed by atoms with Crippen LogP contribution < -0.4 is 10.2 Å². The summed E-state index contributed by atoms with van der Waals surface area (Å²) in [4.78, 5) is 33.3. The maximum atomic E-state index is 12.7. The summed E-state index contributed by atoms with van der Waals surface area (Å²) in [5.74, 6) is 2.74. The molecule has 0 saturated carbocycles. The molecule has 1 aromatic heterocycles. The van der Waals surface area contributed by atoms with E-state index in [1.165, 1.54) is 0 Å². The van der Waals surface area contributed by atoms with Crippen LogP contribution in [0.3, 0.4) is 0 Å². The molecule has 2 amide bonds. The van der Waals surface area contributed by atoms with Gasteiger partial charge in [0.25, 0.3) is 11.8 Å². The van der Waals surface area contributed by atoms with E-state index in [1.54, 1.807) is 18.0 Å². The van der Waals surface area contributed by atoms with Gasteiger partial charge in [0.05, 0.1) is 11.1 Å². The smallest absolute Gasteiger partial charge is 0.255 e. The Labute approximate surface area is 184 Å². The molecule has 0 aliphatic carbocycles. The average Bonchev–Trinajstić information content (AvgIpc) is 2.77. The molecule has 0 spiro atoms. The van der Waals surface area contributed by atoms with Crippen molar-refractivity contribution in [1.29, 1.82) is 0 Å². The van der Waals surface area contributed by atoms with E-state index in [-0.39, 0.29) is 11.8 Å². The molecule has 2 heterocycles. The van der Waals surface area contributed by atoms with Crippen molar-refractivity contribution in [3.63, 3.8) is 0 Å². The first-order valence-electron chi connectivity index (χ1n) is 9.71. The zero-order valence-corrected chi connectivity index (χ0v) is 18.8. The van der Waals surface area contributed by atoms with Crippen LogP contribution >= 0.6 is 27.7 Å². The van der Waals surface area contributed by atoms with Gasteiger partial charge in [0.15, 0.2) is 0 Å². The molecular formula is C21H25BrN4O2S. The van der Waals surface area contributed by atoms with Crippen molar-refractivity contribution in [2.45, 2.75) is 6.92 Å². The number of carbonyl (C=O) groups excluding carboxylic acids is 2. The lowest BCUT2D eigenvalue weighted by Crippen LogP contribution is -2.49. The van der Waals surface area contributed by atoms with E-state index < -0.39 is 0 Å². The number of hydrogen-bond donors (Lipinski definition) is 1. The van der Waals surface area contributed by atoms with Gasteiger partial charge in [-0.2, -0.15) is 11.8 Å². The fourth-order valence-corrected chi connectivity index (χ4v) is 4.12. The number of aromatic nitrogens is 1. The Morgan fingerprint density at radius 1 is 1.14 bits per heavy atom. The van der Waals surface area contributed by atoms with Crippen LogP contribution in [0.15, 0.2) is 47.1 Å². The van der Waals surface area contributed by atoms with Crippen molar-refractivity contribution >= 4 is 45.3 Å². The van der Waals surface area contributed by atoms with Gasteiger partial charge >= 0.3 is 0 Å². The van der Waals surface area contributed by atoms with E-state index >= 15 is 0 Å². The molecule has 1 aliphatic heterocycles. The number of carbonyl (C=O) groups is 2. The summed E-state index contributed by atoms with van der Waals surface area (Å²) in [6.45, 7) is 5.46. The van der Waals surface area contributed by atoms with Crippen LogP contribution in [-0.2, 0) is 0 Å². The zero-order valence-electron chi connectivity index (χ0n) is 16.4. The predicted octanol–water partition coefficient (Wildman–Crippen LogP) is 3.29. The van der Waals surface area contributed by atoms with Gasteiger partial charge < -0.3 is 15.1 Å². The molecule has 1 aromatic carbocycles. The average molecular weight is 477 g/mol. The number of halogens is 1. The zero-order chi connectivity index (χ0) is 20.6. The largest absolute Gasteiger partial charge is 0.353 e. The Bertz CT molecular complexity index is 839. The Morgan fingerprint density at radius 3 is 2.55 bits per heavy atom. The second-order valence-electron chi connectivity index (χ2n) is 6.62. The van der Waals surface area contributed by atoms with E-state index in [9.17, 15) is 9.59 Å². The monoisotopic (exact) mass is 476 g/mol. The van der Waals surface area contributed by atoms with Crippen LogP contribution in [0, 0.1) is 0 Å². The van der Waals surface area contributed by atoms with Crippen molar-refractivity contribution in [3.8, 4) is 0 Å². The Morgan fingerprint density at radius 2 is 1.90 bits per heavy atom. The summed E-state index contributed by atoms with van der Waals surface area (Å²) in [7, 11) is 0. The number of thioether (sulfide) groups is 1. The van der Waals surface area contributed by atoms with Crippen LogP contribution in [0.2, 0.25) is 0 Å². The molecule has 154 valence electrons. The van der Waals surface area contributed by atoms with Gasteiger partial charge in [0, 0.05) is 49.1 Å². The van der Waals surface area contributed by atoms with E-state index in [0.29, 0.717) is 43.9 Å². The first-order chi connectivity index (χ1) is 14.1. The molecule has 1 N–H and O–H groups in total. The summed E-state index contributed by atoms with van der Waals surface area (Å²) in [6, 6.07) is 11.2. The minimum atomic E-state index is -0.0930. The summed E-state index contributed by atoms with van der Waals surface area (Å²) < 4.78 is 0.816. The highest BCUT2D eigenvalue weighted by molar-refractivity contribution is 9.10. The Hall–Kier alpha value is -2.06. The van der Waals surface area contributed by atoms with Gasteiger partial charge in [-0.15, -0.1) is 0 Å². The second-order valence-corrected chi connectivity index (χ2v) is 8.87. The van der Waals surface area contributed by atoms with Crippen molar-refractivity contribution in [3.05, 3.63) is 58.2 Å². The number of hydrogen-bond acceptors (Lipinski definition) is 5. The SMILES string of the molecule is CCSCCNC(=O)c1ccc(N2CCN(C(=O)c3ccccc3Br)CC2)nc1. The maximum absolute atomic E-state index is 12.7. The van der Waals surface area contributed by atoms with E-state index in [1.807, 2.05) is 41.3 Å². The number of anilines is 1. The Balaban J connectivity index is 1.52. The normalized spacial score (nSPS) is 14.0. The second kappa shape index (κ2) is 10.6. The van der Waals surface area contributed by atoms with Gasteiger partial charge in [-0.1, -0.05) is 19.1 Å². The van der Waals surface area contributed by atoms with E-state index in [0.717, 1.165) is 21.8 Å². The predicted molar refractivity (Wildman–Crippen MR) is 122 cm³/mol. The quantitative estimate of drug-likeness (QED) is 0.621.